The Morgan fingerprint density at radius 2 is 2.24 bits per heavy atom. The van der Waals surface area contributed by atoms with Crippen molar-refractivity contribution < 1.29 is 4.79 Å². The minimum absolute atomic E-state index is 0.0150. The summed E-state index contributed by atoms with van der Waals surface area (Å²) in [5, 5.41) is 2.84. The van der Waals surface area contributed by atoms with Gasteiger partial charge in [-0.25, -0.2) is 4.98 Å². The molecule has 0 atom stereocenters. The quantitative estimate of drug-likeness (QED) is 0.816. The molecule has 5 nitrogen and oxygen atoms in total. The number of pyridine rings is 1. The second-order valence-electron chi connectivity index (χ2n) is 4.48. The number of carbonyl (C=O) groups is 1. The van der Waals surface area contributed by atoms with Gasteiger partial charge in [-0.15, -0.1) is 0 Å². The summed E-state index contributed by atoms with van der Waals surface area (Å²) in [6.07, 6.45) is 1.61. The first-order chi connectivity index (χ1) is 7.90. The molecule has 17 heavy (non-hydrogen) atoms. The fourth-order valence-corrected chi connectivity index (χ4v) is 1.42. The maximum atomic E-state index is 11.6. The number of aromatic nitrogens is 1. The predicted octanol–water partition coefficient (Wildman–Crippen LogP) is 0.933. The lowest BCUT2D eigenvalue weighted by Crippen LogP contribution is -2.38. The summed E-state index contributed by atoms with van der Waals surface area (Å²) in [5.41, 5.74) is 7.32. The Labute approximate surface area is 102 Å². The average molecular weight is 236 g/mol. The van der Waals surface area contributed by atoms with Crippen molar-refractivity contribution in [1.29, 1.82) is 0 Å². The molecule has 1 aromatic rings. The van der Waals surface area contributed by atoms with Gasteiger partial charge in [0.05, 0.1) is 18.4 Å². The van der Waals surface area contributed by atoms with Crippen LogP contribution in [-0.2, 0) is 4.79 Å². The van der Waals surface area contributed by atoms with E-state index in [0.717, 1.165) is 11.4 Å². The molecule has 1 rings (SSSR count). The van der Waals surface area contributed by atoms with Crippen molar-refractivity contribution in [3.63, 3.8) is 0 Å². The third-order valence-corrected chi connectivity index (χ3v) is 2.36. The third-order valence-electron chi connectivity index (χ3n) is 2.36. The van der Waals surface area contributed by atoms with Gasteiger partial charge in [0.2, 0.25) is 5.91 Å². The molecule has 5 heteroatoms. The van der Waals surface area contributed by atoms with Crippen LogP contribution in [0.15, 0.2) is 12.3 Å². The number of nitrogens with one attached hydrogen (secondary N) is 1. The summed E-state index contributed by atoms with van der Waals surface area (Å²) < 4.78 is 0. The van der Waals surface area contributed by atoms with E-state index in [0.29, 0.717) is 5.69 Å². The zero-order chi connectivity index (χ0) is 13.0. The van der Waals surface area contributed by atoms with E-state index >= 15 is 0 Å². The Kier molecular flexibility index (Phi) is 4.31. The third kappa shape index (κ3) is 3.94. The lowest BCUT2D eigenvalue weighted by Gasteiger charge is -2.19. The molecular weight excluding hydrogens is 216 g/mol. The van der Waals surface area contributed by atoms with Crippen LogP contribution in [-0.4, -0.2) is 30.5 Å². The number of nitrogens with two attached hydrogens (primary N) is 1. The summed E-state index contributed by atoms with van der Waals surface area (Å²) in [6.45, 7) is 6.07. The fraction of sp³-hybridized carbons (Fsp3) is 0.500. The van der Waals surface area contributed by atoms with E-state index in [4.69, 9.17) is 5.73 Å². The molecule has 1 heterocycles. The van der Waals surface area contributed by atoms with Gasteiger partial charge in [0, 0.05) is 13.1 Å². The highest BCUT2D eigenvalue weighted by molar-refractivity contribution is 5.81. The fourth-order valence-electron chi connectivity index (χ4n) is 1.42. The van der Waals surface area contributed by atoms with Gasteiger partial charge in [0.25, 0.3) is 0 Å². The van der Waals surface area contributed by atoms with Crippen LogP contribution in [0.2, 0.25) is 0 Å². The van der Waals surface area contributed by atoms with E-state index in [9.17, 15) is 4.79 Å². The highest BCUT2D eigenvalue weighted by atomic mass is 16.2. The molecule has 94 valence electrons. The van der Waals surface area contributed by atoms with Crippen LogP contribution < -0.4 is 16.0 Å². The summed E-state index contributed by atoms with van der Waals surface area (Å²) in [7, 11) is 1.83. The topological polar surface area (TPSA) is 71.2 Å². The van der Waals surface area contributed by atoms with Gasteiger partial charge >= 0.3 is 0 Å². The van der Waals surface area contributed by atoms with Gasteiger partial charge in [0.15, 0.2) is 0 Å². The Balaban J connectivity index is 2.66. The molecule has 3 N–H and O–H groups in total. The molecule has 0 spiro atoms. The van der Waals surface area contributed by atoms with Crippen LogP contribution in [0.3, 0.4) is 0 Å². The first-order valence-corrected chi connectivity index (χ1v) is 5.62. The Bertz CT molecular complexity index is 403. The molecular formula is C12H20N4O. The van der Waals surface area contributed by atoms with Gasteiger partial charge < -0.3 is 16.0 Å². The van der Waals surface area contributed by atoms with Gasteiger partial charge in [-0.05, 0) is 32.4 Å². The smallest absolute Gasteiger partial charge is 0.239 e. The van der Waals surface area contributed by atoms with Crippen molar-refractivity contribution >= 4 is 17.4 Å². The molecule has 1 aromatic heterocycles. The second kappa shape index (κ2) is 5.52. The maximum Gasteiger partial charge on any atom is 0.239 e. The predicted molar refractivity (Wildman–Crippen MR) is 69.9 cm³/mol. The Morgan fingerprint density at radius 1 is 1.59 bits per heavy atom. The van der Waals surface area contributed by atoms with E-state index < -0.39 is 0 Å². The molecule has 0 aromatic carbocycles. The highest BCUT2D eigenvalue weighted by Gasteiger charge is 2.09. The Morgan fingerprint density at radius 3 is 2.76 bits per heavy atom. The molecule has 0 saturated carbocycles. The number of aryl methyl sites for hydroxylation is 1. The Hall–Kier alpha value is -1.78. The van der Waals surface area contributed by atoms with Gasteiger partial charge in [0.1, 0.15) is 5.82 Å². The number of anilines is 2. The van der Waals surface area contributed by atoms with Crippen LogP contribution in [0, 0.1) is 6.92 Å². The van der Waals surface area contributed by atoms with E-state index in [1.807, 2.05) is 33.9 Å². The van der Waals surface area contributed by atoms with Crippen molar-refractivity contribution in [3.8, 4) is 0 Å². The zero-order valence-corrected chi connectivity index (χ0v) is 10.8. The molecule has 0 saturated heterocycles. The van der Waals surface area contributed by atoms with Crippen molar-refractivity contribution in [3.05, 3.63) is 17.8 Å². The number of amides is 1. The standard InChI is InChI=1S/C12H20N4O/c1-8(2)15-12(17)7-16(4)11-5-9(3)10(13)6-14-11/h5-6,8H,7,13H2,1-4H3,(H,15,17). The van der Waals surface area contributed by atoms with Gasteiger partial charge in [-0.1, -0.05) is 0 Å². The van der Waals surface area contributed by atoms with E-state index in [1.165, 1.54) is 0 Å². The van der Waals surface area contributed by atoms with Gasteiger partial charge in [-0.3, -0.25) is 4.79 Å². The molecule has 0 aliphatic rings. The number of carbonyl (C=O) groups excluding carboxylic acids is 1. The van der Waals surface area contributed by atoms with E-state index in [2.05, 4.69) is 10.3 Å². The molecule has 0 aliphatic heterocycles. The number of hydrogen-bond acceptors (Lipinski definition) is 4. The van der Waals surface area contributed by atoms with E-state index in [-0.39, 0.29) is 18.5 Å². The molecule has 0 fully saturated rings. The number of rotatable bonds is 4. The van der Waals surface area contributed by atoms with Crippen molar-refractivity contribution in [2.75, 3.05) is 24.2 Å². The molecule has 0 bridgehead atoms. The largest absolute Gasteiger partial charge is 0.397 e. The SMILES string of the molecule is Cc1cc(N(C)CC(=O)NC(C)C)ncc1N. The normalized spacial score (nSPS) is 10.4. The monoisotopic (exact) mass is 236 g/mol. The van der Waals surface area contributed by atoms with Crippen molar-refractivity contribution in [2.45, 2.75) is 26.8 Å². The van der Waals surface area contributed by atoms with Crippen molar-refractivity contribution in [1.82, 2.24) is 10.3 Å². The summed E-state index contributed by atoms with van der Waals surface area (Å²) in [5.74, 6) is 0.731. The number of nitrogens with zero attached hydrogens (tertiary/aromatic N) is 2. The lowest BCUT2D eigenvalue weighted by molar-refractivity contribution is -0.120. The summed E-state index contributed by atoms with van der Waals surface area (Å²) in [4.78, 5) is 17.6. The van der Waals surface area contributed by atoms with E-state index in [1.54, 1.807) is 11.1 Å². The average Bonchev–Trinajstić information content (AvgIpc) is 2.20. The minimum Gasteiger partial charge on any atom is -0.397 e. The molecule has 0 aliphatic carbocycles. The second-order valence-corrected chi connectivity index (χ2v) is 4.48. The first-order valence-electron chi connectivity index (χ1n) is 5.62. The number of nitrogen functional groups attached to an aromatic ring is 1. The van der Waals surface area contributed by atoms with Crippen LogP contribution in [0.4, 0.5) is 11.5 Å². The lowest BCUT2D eigenvalue weighted by atomic mass is 10.2. The summed E-state index contributed by atoms with van der Waals surface area (Å²) >= 11 is 0. The van der Waals surface area contributed by atoms with Crippen LogP contribution in [0.25, 0.3) is 0 Å². The minimum atomic E-state index is -0.0150. The zero-order valence-electron chi connectivity index (χ0n) is 10.8. The number of likely N-dealkylation sites (N-methyl/N-ethyl adjacent to an activating group) is 1. The highest BCUT2D eigenvalue weighted by Crippen LogP contribution is 2.15. The van der Waals surface area contributed by atoms with Crippen LogP contribution in [0.1, 0.15) is 19.4 Å². The number of hydrogen-bond donors (Lipinski definition) is 2. The van der Waals surface area contributed by atoms with Gasteiger partial charge in [-0.2, -0.15) is 0 Å². The maximum absolute atomic E-state index is 11.6. The molecule has 1 amide bonds. The first kappa shape index (κ1) is 13.3. The summed E-state index contributed by atoms with van der Waals surface area (Å²) in [6, 6.07) is 2.02. The molecule has 0 unspecified atom stereocenters. The van der Waals surface area contributed by atoms with Crippen LogP contribution >= 0.6 is 0 Å². The van der Waals surface area contributed by atoms with Crippen molar-refractivity contribution in [2.24, 2.45) is 0 Å². The van der Waals surface area contributed by atoms with Crippen LogP contribution in [0.5, 0.6) is 0 Å². The molecule has 0 radical (unpaired) electrons.